The number of thiol groups is 1. The summed E-state index contributed by atoms with van der Waals surface area (Å²) < 4.78 is 4.84. The second-order valence-corrected chi connectivity index (χ2v) is 5.47. The van der Waals surface area contributed by atoms with E-state index in [1.165, 1.54) is 5.56 Å². The van der Waals surface area contributed by atoms with Crippen molar-refractivity contribution in [3.63, 3.8) is 0 Å². The van der Waals surface area contributed by atoms with Gasteiger partial charge in [-0.05, 0) is 55.6 Å². The lowest BCUT2D eigenvalue weighted by Crippen LogP contribution is -2.28. The Hall–Kier alpha value is -1.49. The van der Waals surface area contributed by atoms with Gasteiger partial charge in [-0.3, -0.25) is 9.59 Å². The van der Waals surface area contributed by atoms with Gasteiger partial charge in [0.2, 0.25) is 0 Å². The Balaban J connectivity index is 2.95. The number of carbonyl (C=O) groups is 2. The summed E-state index contributed by atoms with van der Waals surface area (Å²) >= 11 is 4.31. The molecule has 21 heavy (non-hydrogen) atoms. The fourth-order valence-corrected chi connectivity index (χ4v) is 2.52. The molecule has 0 saturated carbocycles. The van der Waals surface area contributed by atoms with Crippen molar-refractivity contribution in [1.29, 1.82) is 0 Å². The van der Waals surface area contributed by atoms with Crippen molar-refractivity contribution in [3.05, 3.63) is 34.9 Å². The van der Waals surface area contributed by atoms with Crippen LogP contribution in [0.1, 0.15) is 36.0 Å². The van der Waals surface area contributed by atoms with Crippen LogP contribution in [0.4, 0.5) is 0 Å². The third kappa shape index (κ3) is 4.77. The molecule has 4 nitrogen and oxygen atoms in total. The number of hydrogen-bond acceptors (Lipinski definition) is 4. The normalized spacial score (nSPS) is 13.5. The molecule has 0 aliphatic heterocycles. The number of carbonyl (C=O) groups excluding carboxylic acids is 1. The summed E-state index contributed by atoms with van der Waals surface area (Å²) in [7, 11) is 0. The summed E-state index contributed by atoms with van der Waals surface area (Å²) in [5.41, 5.74) is 3.32. The van der Waals surface area contributed by atoms with Crippen molar-refractivity contribution in [3.8, 4) is 0 Å². The quantitative estimate of drug-likeness (QED) is 0.462. The van der Waals surface area contributed by atoms with Crippen LogP contribution in [0.2, 0.25) is 0 Å². The number of aliphatic carboxylic acids is 1. The van der Waals surface area contributed by atoms with E-state index in [0.717, 1.165) is 11.1 Å². The Kier molecular flexibility index (Phi) is 6.75. The van der Waals surface area contributed by atoms with E-state index >= 15 is 0 Å². The van der Waals surface area contributed by atoms with Crippen LogP contribution >= 0.6 is 12.6 Å². The molecule has 1 rings (SSSR count). The first-order chi connectivity index (χ1) is 9.90. The van der Waals surface area contributed by atoms with E-state index in [0.29, 0.717) is 5.75 Å². The first-order valence-corrected chi connectivity index (χ1v) is 7.61. The number of carboxylic acid groups (broad SMARTS) is 1. The van der Waals surface area contributed by atoms with Gasteiger partial charge >= 0.3 is 11.9 Å². The van der Waals surface area contributed by atoms with Gasteiger partial charge in [0.05, 0.1) is 6.61 Å². The van der Waals surface area contributed by atoms with Gasteiger partial charge in [0.1, 0.15) is 0 Å². The molecule has 0 bridgehead atoms. The molecular weight excluding hydrogens is 288 g/mol. The van der Waals surface area contributed by atoms with E-state index in [1.807, 2.05) is 32.0 Å². The topological polar surface area (TPSA) is 63.6 Å². The van der Waals surface area contributed by atoms with Crippen LogP contribution in [-0.2, 0) is 14.3 Å². The molecular formula is C16H22O4S. The minimum Gasteiger partial charge on any atom is -0.481 e. The molecule has 0 fully saturated rings. The Morgan fingerprint density at radius 1 is 1.29 bits per heavy atom. The maximum atomic E-state index is 11.8. The summed E-state index contributed by atoms with van der Waals surface area (Å²) in [6.45, 7) is 5.87. The highest BCUT2D eigenvalue weighted by molar-refractivity contribution is 7.80. The third-order valence-corrected chi connectivity index (χ3v) is 4.05. The first-order valence-electron chi connectivity index (χ1n) is 6.98. The molecule has 0 saturated heterocycles. The zero-order chi connectivity index (χ0) is 16.0. The van der Waals surface area contributed by atoms with E-state index < -0.39 is 17.9 Å². The van der Waals surface area contributed by atoms with Crippen LogP contribution in [0.25, 0.3) is 0 Å². The van der Waals surface area contributed by atoms with Crippen molar-refractivity contribution >= 4 is 24.6 Å². The average molecular weight is 310 g/mol. The van der Waals surface area contributed by atoms with Gasteiger partial charge in [-0.2, -0.15) is 12.6 Å². The predicted molar refractivity (Wildman–Crippen MR) is 84.9 cm³/mol. The molecule has 116 valence electrons. The molecule has 2 unspecified atom stereocenters. The summed E-state index contributed by atoms with van der Waals surface area (Å²) in [5, 5.41) is 9.23. The van der Waals surface area contributed by atoms with Crippen LogP contribution in [-0.4, -0.2) is 29.4 Å². The largest absolute Gasteiger partial charge is 0.481 e. The van der Waals surface area contributed by atoms with Gasteiger partial charge in [-0.1, -0.05) is 18.2 Å². The van der Waals surface area contributed by atoms with Gasteiger partial charge < -0.3 is 9.84 Å². The molecule has 0 aliphatic rings. The Bertz CT molecular complexity index is 513. The van der Waals surface area contributed by atoms with Crippen LogP contribution in [0.15, 0.2) is 18.2 Å². The molecule has 5 heteroatoms. The smallest absolute Gasteiger partial charge is 0.320 e. The predicted octanol–water partition coefficient (Wildman–Crippen LogP) is 2.97. The zero-order valence-corrected chi connectivity index (χ0v) is 13.5. The van der Waals surface area contributed by atoms with Gasteiger partial charge in [0.25, 0.3) is 0 Å². The number of aryl methyl sites for hydroxylation is 2. The summed E-state index contributed by atoms with van der Waals surface area (Å²) in [4.78, 5) is 23.1. The molecule has 1 aromatic carbocycles. The minimum atomic E-state index is -1.15. The number of esters is 1. The van der Waals surface area contributed by atoms with E-state index in [9.17, 15) is 14.7 Å². The maximum Gasteiger partial charge on any atom is 0.320 e. The Morgan fingerprint density at radius 2 is 1.95 bits per heavy atom. The minimum absolute atomic E-state index is 0.0989. The second kappa shape index (κ2) is 8.08. The standard InChI is InChI=1S/C16H22O4S/c1-4-20-16(19)14(15(17)18)8-13(9-21)12-6-5-10(2)11(3)7-12/h5-7,13-14,21H,4,8-9H2,1-3H3,(H,17,18). The molecule has 0 spiro atoms. The number of ether oxygens (including phenoxy) is 1. The van der Waals surface area contributed by atoms with Crippen molar-refractivity contribution in [2.45, 2.75) is 33.1 Å². The van der Waals surface area contributed by atoms with Crippen LogP contribution in [0, 0.1) is 19.8 Å². The van der Waals surface area contributed by atoms with E-state index in [-0.39, 0.29) is 18.9 Å². The van der Waals surface area contributed by atoms with Crippen molar-refractivity contribution in [2.75, 3.05) is 12.4 Å². The highest BCUT2D eigenvalue weighted by Crippen LogP contribution is 2.27. The molecule has 0 radical (unpaired) electrons. The highest BCUT2D eigenvalue weighted by Gasteiger charge is 2.31. The van der Waals surface area contributed by atoms with Crippen molar-refractivity contribution in [1.82, 2.24) is 0 Å². The molecule has 1 aromatic rings. The molecule has 0 aliphatic carbocycles. The molecule has 0 aromatic heterocycles. The van der Waals surface area contributed by atoms with Crippen LogP contribution in [0.5, 0.6) is 0 Å². The lowest BCUT2D eigenvalue weighted by atomic mass is 9.88. The lowest BCUT2D eigenvalue weighted by Gasteiger charge is -2.20. The van der Waals surface area contributed by atoms with Gasteiger partial charge in [0.15, 0.2) is 5.92 Å². The second-order valence-electron chi connectivity index (χ2n) is 5.10. The summed E-state index contributed by atoms with van der Waals surface area (Å²) in [6.07, 6.45) is 0.195. The van der Waals surface area contributed by atoms with Gasteiger partial charge in [-0.15, -0.1) is 0 Å². The van der Waals surface area contributed by atoms with E-state index in [2.05, 4.69) is 12.6 Å². The Morgan fingerprint density at radius 3 is 2.43 bits per heavy atom. The molecule has 0 heterocycles. The van der Waals surface area contributed by atoms with Crippen molar-refractivity contribution < 1.29 is 19.4 Å². The van der Waals surface area contributed by atoms with E-state index in [1.54, 1.807) is 6.92 Å². The maximum absolute atomic E-state index is 11.8. The number of rotatable bonds is 7. The monoisotopic (exact) mass is 310 g/mol. The van der Waals surface area contributed by atoms with E-state index in [4.69, 9.17) is 4.74 Å². The SMILES string of the molecule is CCOC(=O)C(CC(CS)c1ccc(C)c(C)c1)C(=O)O. The van der Waals surface area contributed by atoms with Gasteiger partial charge in [0, 0.05) is 0 Å². The van der Waals surface area contributed by atoms with Gasteiger partial charge in [-0.25, -0.2) is 0 Å². The number of carboxylic acids is 1. The fraction of sp³-hybridized carbons (Fsp3) is 0.500. The third-order valence-electron chi connectivity index (χ3n) is 3.61. The zero-order valence-electron chi connectivity index (χ0n) is 12.6. The number of hydrogen-bond donors (Lipinski definition) is 2. The average Bonchev–Trinajstić information content (AvgIpc) is 2.43. The highest BCUT2D eigenvalue weighted by atomic mass is 32.1. The molecule has 1 N–H and O–H groups in total. The lowest BCUT2D eigenvalue weighted by molar-refractivity contribution is -0.158. The van der Waals surface area contributed by atoms with Crippen molar-refractivity contribution in [2.24, 2.45) is 5.92 Å². The fourth-order valence-electron chi connectivity index (χ4n) is 2.16. The van der Waals surface area contributed by atoms with Crippen LogP contribution in [0.3, 0.4) is 0 Å². The van der Waals surface area contributed by atoms with Crippen LogP contribution < -0.4 is 0 Å². The summed E-state index contributed by atoms with van der Waals surface area (Å²) in [6, 6.07) is 5.99. The molecule has 0 amide bonds. The summed E-state index contributed by atoms with van der Waals surface area (Å²) in [5.74, 6) is -2.60. The first kappa shape index (κ1) is 17.6. The Labute approximate surface area is 130 Å². The number of benzene rings is 1. The molecule has 2 atom stereocenters.